The molecule has 0 heterocycles. The second-order valence-corrected chi connectivity index (χ2v) is 9.27. The van der Waals surface area contributed by atoms with E-state index in [1.807, 2.05) is 0 Å². The Kier molecular flexibility index (Phi) is 9.87. The summed E-state index contributed by atoms with van der Waals surface area (Å²) in [5.74, 6) is -1.80. The van der Waals surface area contributed by atoms with Crippen LogP contribution in [0.15, 0.2) is 57.9 Å². The van der Waals surface area contributed by atoms with E-state index in [-0.39, 0.29) is 31.9 Å². The van der Waals surface area contributed by atoms with Gasteiger partial charge in [-0.1, -0.05) is 18.2 Å². The molecular weight excluding hydrogens is 546 g/mol. The predicted molar refractivity (Wildman–Crippen MR) is 133 cm³/mol. The number of nitrogens with one attached hydrogen (secondary N) is 2. The van der Waals surface area contributed by atoms with Crippen LogP contribution in [0.3, 0.4) is 0 Å². The number of carbonyl (C=O) groups excluding carboxylic acids is 1. The summed E-state index contributed by atoms with van der Waals surface area (Å²) in [5.41, 5.74) is 0.302. The van der Waals surface area contributed by atoms with Crippen LogP contribution in [0.25, 0.3) is 11.1 Å². The number of aldehydes is 1. The molecule has 0 aliphatic rings. The van der Waals surface area contributed by atoms with E-state index in [9.17, 15) is 23.2 Å². The number of hydrogen-bond donors (Lipinski definition) is 3. The Morgan fingerprint density at radius 2 is 1.83 bits per heavy atom. The second-order valence-electron chi connectivity index (χ2n) is 7.24. The van der Waals surface area contributed by atoms with Gasteiger partial charge >= 0.3 is 0 Å². The summed E-state index contributed by atoms with van der Waals surface area (Å²) in [7, 11) is 1.61. The molecule has 0 fully saturated rings. The molecule has 0 saturated heterocycles. The van der Waals surface area contributed by atoms with Crippen LogP contribution in [-0.4, -0.2) is 49.4 Å². The average Bonchev–Trinajstić information content (AvgIpc) is 2.84. The highest BCUT2D eigenvalue weighted by Crippen LogP contribution is 2.37. The van der Waals surface area contributed by atoms with E-state index in [0.717, 1.165) is 0 Å². The maximum Gasteiger partial charge on any atom is 0.223 e. The quantitative estimate of drug-likeness (QED) is 0.166. The Morgan fingerprint density at radius 1 is 1.09 bits per heavy atom. The zero-order chi connectivity index (χ0) is 25.4. The predicted octanol–water partition coefficient (Wildman–Crippen LogP) is 4.66. The second kappa shape index (κ2) is 12.8. The highest BCUT2D eigenvalue weighted by molar-refractivity contribution is 9.10. The third-order valence-electron chi connectivity index (χ3n) is 4.84. The molecule has 0 aliphatic heterocycles. The van der Waals surface area contributed by atoms with Gasteiger partial charge in [0, 0.05) is 49.0 Å². The number of para-hydroxylation sites is 1. The summed E-state index contributed by atoms with van der Waals surface area (Å²) < 4.78 is 55.6. The summed E-state index contributed by atoms with van der Waals surface area (Å²) in [6.45, 7) is 2.05. The van der Waals surface area contributed by atoms with Crippen molar-refractivity contribution in [2.45, 2.75) is 4.90 Å². The summed E-state index contributed by atoms with van der Waals surface area (Å²) in [6, 6.07) is 11.1. The lowest BCUT2D eigenvalue weighted by Gasteiger charge is -2.16. The minimum atomic E-state index is -2.17. The Hall–Kier alpha value is -2.70. The van der Waals surface area contributed by atoms with Crippen LogP contribution < -0.4 is 14.8 Å². The van der Waals surface area contributed by atoms with E-state index in [1.165, 1.54) is 18.2 Å². The van der Waals surface area contributed by atoms with Crippen LogP contribution in [-0.2, 0) is 16.1 Å². The fourth-order valence-electron chi connectivity index (χ4n) is 3.14. The van der Waals surface area contributed by atoms with Crippen molar-refractivity contribution in [1.29, 1.82) is 0 Å². The molecule has 0 bridgehead atoms. The first-order valence-electron chi connectivity index (χ1n) is 10.4. The molecule has 3 rings (SSSR count). The zero-order valence-electron chi connectivity index (χ0n) is 18.6. The zero-order valence-corrected chi connectivity index (χ0v) is 21.0. The average molecular weight is 569 g/mol. The van der Waals surface area contributed by atoms with Crippen molar-refractivity contribution in [2.24, 2.45) is 0 Å². The molecule has 11 heteroatoms. The van der Waals surface area contributed by atoms with Gasteiger partial charge in [0.2, 0.25) is 4.90 Å². The molecular formula is C24H23BrF2N2O5S. The highest BCUT2D eigenvalue weighted by Gasteiger charge is 2.24. The van der Waals surface area contributed by atoms with E-state index in [4.69, 9.17) is 9.47 Å². The molecule has 0 saturated carbocycles. The molecule has 35 heavy (non-hydrogen) atoms. The first kappa shape index (κ1) is 26.9. The number of carbonyl (C=O) groups is 1. The SMILES string of the molecule is COCCNCCOc1ccccc1-c1cc(N[S+]([O-])c2cc(C=O)cc(Br)c2O)c(F)cc1F. The smallest absolute Gasteiger partial charge is 0.223 e. The number of phenols is 1. The number of aromatic hydroxyl groups is 1. The molecule has 0 amide bonds. The van der Waals surface area contributed by atoms with Gasteiger partial charge in [-0.15, -0.1) is 0 Å². The van der Waals surface area contributed by atoms with Gasteiger partial charge in [-0.2, -0.15) is 0 Å². The monoisotopic (exact) mass is 568 g/mol. The Balaban J connectivity index is 1.86. The molecule has 7 nitrogen and oxygen atoms in total. The highest BCUT2D eigenvalue weighted by atomic mass is 79.9. The largest absolute Gasteiger partial charge is 0.588 e. The van der Waals surface area contributed by atoms with E-state index >= 15 is 0 Å². The lowest BCUT2D eigenvalue weighted by molar-refractivity contribution is 0.112. The van der Waals surface area contributed by atoms with Crippen molar-refractivity contribution in [3.8, 4) is 22.6 Å². The molecule has 1 atom stereocenters. The van der Waals surface area contributed by atoms with Crippen LogP contribution in [0.1, 0.15) is 10.4 Å². The van der Waals surface area contributed by atoms with Crippen molar-refractivity contribution >= 4 is 39.3 Å². The number of rotatable bonds is 12. The molecule has 3 aromatic carbocycles. The van der Waals surface area contributed by atoms with Crippen molar-refractivity contribution < 1.29 is 32.7 Å². The van der Waals surface area contributed by atoms with Crippen LogP contribution in [0.4, 0.5) is 14.5 Å². The fourth-order valence-corrected chi connectivity index (χ4v) is 4.74. The molecule has 0 spiro atoms. The third kappa shape index (κ3) is 6.92. The van der Waals surface area contributed by atoms with Crippen molar-refractivity contribution in [1.82, 2.24) is 5.32 Å². The number of methoxy groups -OCH3 is 1. The lowest BCUT2D eigenvalue weighted by atomic mass is 10.0. The van der Waals surface area contributed by atoms with Gasteiger partial charge in [0.25, 0.3) is 0 Å². The van der Waals surface area contributed by atoms with Gasteiger partial charge in [-0.25, -0.2) is 13.5 Å². The van der Waals surface area contributed by atoms with Gasteiger partial charge in [-0.3, -0.25) is 4.79 Å². The number of halogens is 3. The number of hydrogen-bond acceptors (Lipinski definition) is 7. The topological polar surface area (TPSA) is 103 Å². The van der Waals surface area contributed by atoms with Gasteiger partial charge in [0.15, 0.2) is 11.6 Å². The molecule has 0 radical (unpaired) electrons. The van der Waals surface area contributed by atoms with E-state index < -0.39 is 23.0 Å². The van der Waals surface area contributed by atoms with E-state index in [1.54, 1.807) is 31.4 Å². The van der Waals surface area contributed by atoms with Gasteiger partial charge in [-0.05, 0) is 34.1 Å². The Morgan fingerprint density at radius 3 is 2.57 bits per heavy atom. The fraction of sp³-hybridized carbons (Fsp3) is 0.208. The Bertz CT molecular complexity index is 1180. The molecule has 186 valence electrons. The molecule has 3 N–H and O–H groups in total. The summed E-state index contributed by atoms with van der Waals surface area (Å²) in [4.78, 5) is 11.0. The minimum absolute atomic E-state index is 0.0286. The first-order valence-corrected chi connectivity index (χ1v) is 12.4. The third-order valence-corrected chi connectivity index (χ3v) is 6.56. The van der Waals surface area contributed by atoms with Crippen LogP contribution in [0.5, 0.6) is 11.5 Å². The standard InChI is InChI=1S/C24H23BrF2N2O5S/c1-33-8-6-28-7-9-34-22-5-3-2-4-16(22)17-12-21(20(27)13-19(17)26)29-35(32)23-11-15(14-30)10-18(25)24(23)31/h2-5,10-14,28-29,31H,6-9H2,1H3. The molecule has 1 unspecified atom stereocenters. The van der Waals surface area contributed by atoms with Crippen molar-refractivity contribution in [3.05, 3.63) is 70.2 Å². The molecule has 3 aromatic rings. The van der Waals surface area contributed by atoms with Gasteiger partial charge in [0.05, 0.1) is 11.1 Å². The van der Waals surface area contributed by atoms with E-state index in [0.29, 0.717) is 50.0 Å². The molecule has 0 aromatic heterocycles. The molecule has 0 aliphatic carbocycles. The summed E-state index contributed by atoms with van der Waals surface area (Å²) in [5, 5.41) is 13.4. The number of phenolic OH excluding ortho intramolecular Hbond substituents is 1. The maximum atomic E-state index is 14.8. The minimum Gasteiger partial charge on any atom is -0.588 e. The lowest BCUT2D eigenvalue weighted by Crippen LogP contribution is -2.24. The Labute approximate surface area is 212 Å². The van der Waals surface area contributed by atoms with Crippen molar-refractivity contribution in [3.63, 3.8) is 0 Å². The van der Waals surface area contributed by atoms with Gasteiger partial charge in [0.1, 0.15) is 41.5 Å². The maximum absolute atomic E-state index is 14.8. The van der Waals surface area contributed by atoms with E-state index in [2.05, 4.69) is 26.0 Å². The number of ether oxygens (including phenoxy) is 2. The first-order chi connectivity index (χ1) is 16.8. The van der Waals surface area contributed by atoms with Crippen LogP contribution in [0.2, 0.25) is 0 Å². The normalized spacial score (nSPS) is 11.8. The van der Waals surface area contributed by atoms with Crippen LogP contribution >= 0.6 is 15.9 Å². The van der Waals surface area contributed by atoms with Crippen molar-refractivity contribution in [2.75, 3.05) is 38.1 Å². The summed E-state index contributed by atoms with van der Waals surface area (Å²) >= 11 is 0.919. The number of anilines is 1. The van der Waals surface area contributed by atoms with Gasteiger partial charge < -0.3 is 24.4 Å². The summed E-state index contributed by atoms with van der Waals surface area (Å²) in [6.07, 6.45) is 0.519. The number of benzene rings is 3. The van der Waals surface area contributed by atoms with Crippen LogP contribution in [0, 0.1) is 11.6 Å².